The Kier molecular flexibility index (Phi) is 10.9. The van der Waals surface area contributed by atoms with Gasteiger partial charge in [0.15, 0.2) is 0 Å². The molecule has 61 valence electrons. The molecule has 0 aliphatic rings. The Morgan fingerprint density at radius 2 is 1.82 bits per heavy atom. The van der Waals surface area contributed by atoms with Crippen molar-refractivity contribution in [2.75, 3.05) is 0 Å². The third-order valence-corrected chi connectivity index (χ3v) is 1.44. The molecule has 0 spiro atoms. The van der Waals surface area contributed by atoms with E-state index in [2.05, 4.69) is 33.8 Å². The van der Waals surface area contributed by atoms with Gasteiger partial charge >= 0.3 is 0 Å². The number of rotatable bonds is 3. The van der Waals surface area contributed by atoms with Gasteiger partial charge in [0.1, 0.15) is 0 Å². The maximum atomic E-state index is 3.70. The Morgan fingerprint density at radius 3 is 2.18 bits per heavy atom. The molecule has 0 aromatic carbocycles. The van der Waals surface area contributed by atoms with Gasteiger partial charge in [0, 0.05) is 32.7 Å². The molecule has 0 aliphatic carbocycles. The molecule has 11 heavy (non-hydrogen) atoms. The summed E-state index contributed by atoms with van der Waals surface area (Å²) in [5.74, 6) is 0. The third kappa shape index (κ3) is 10.5. The number of allylic oxidation sites excluding steroid dienone is 4. The first-order valence-corrected chi connectivity index (χ1v) is 3.75. The summed E-state index contributed by atoms with van der Waals surface area (Å²) in [5, 5.41) is 0. The van der Waals surface area contributed by atoms with Crippen LogP contribution in [0.25, 0.3) is 0 Å². The van der Waals surface area contributed by atoms with E-state index in [1.165, 1.54) is 11.1 Å². The predicted molar refractivity (Wildman–Crippen MR) is 47.8 cm³/mol. The zero-order valence-corrected chi connectivity index (χ0v) is 10.7. The molecule has 0 N–H and O–H groups in total. The van der Waals surface area contributed by atoms with E-state index in [-0.39, 0.29) is 32.7 Å². The molecule has 0 unspecified atom stereocenters. The smallest absolute Gasteiger partial charge is 0 e. The van der Waals surface area contributed by atoms with E-state index in [9.17, 15) is 0 Å². The molecule has 0 aliphatic heterocycles. The van der Waals surface area contributed by atoms with E-state index in [4.69, 9.17) is 0 Å². The summed E-state index contributed by atoms with van der Waals surface area (Å²) < 4.78 is 0. The molecule has 1 heteroatoms. The van der Waals surface area contributed by atoms with Gasteiger partial charge in [0.05, 0.1) is 0 Å². The Balaban J connectivity index is 0. The van der Waals surface area contributed by atoms with Crippen LogP contribution >= 0.6 is 0 Å². The van der Waals surface area contributed by atoms with Crippen LogP contribution in [-0.4, -0.2) is 0 Å². The van der Waals surface area contributed by atoms with Crippen LogP contribution in [0.15, 0.2) is 23.3 Å². The summed E-state index contributed by atoms with van der Waals surface area (Å²) in [7, 11) is 0. The molecular formula is C10H17Y-. The predicted octanol–water partition coefficient (Wildman–Crippen LogP) is 3.51. The van der Waals surface area contributed by atoms with E-state index in [1.54, 1.807) is 0 Å². The summed E-state index contributed by atoms with van der Waals surface area (Å²) in [4.78, 5) is 0. The van der Waals surface area contributed by atoms with Gasteiger partial charge in [-0.3, -0.25) is 0 Å². The van der Waals surface area contributed by atoms with Crippen LogP contribution in [0.5, 0.6) is 0 Å². The van der Waals surface area contributed by atoms with Crippen LogP contribution in [0, 0.1) is 6.92 Å². The first-order valence-electron chi connectivity index (χ1n) is 3.75. The SMILES string of the molecule is [CH2-]/C=C(\C)CCC=C(C)C.[Y]. The van der Waals surface area contributed by atoms with Crippen LogP contribution in [0.2, 0.25) is 0 Å². The minimum atomic E-state index is 0. The summed E-state index contributed by atoms with van der Waals surface area (Å²) in [6.45, 7) is 10.1. The van der Waals surface area contributed by atoms with E-state index < -0.39 is 0 Å². The van der Waals surface area contributed by atoms with Gasteiger partial charge < -0.3 is 0 Å². The van der Waals surface area contributed by atoms with Gasteiger partial charge in [-0.25, -0.2) is 18.6 Å². The molecule has 0 saturated carbocycles. The molecular weight excluding hydrogens is 209 g/mol. The number of hydrogen-bond acceptors (Lipinski definition) is 0. The maximum Gasteiger partial charge on any atom is 0 e. The first kappa shape index (κ1) is 14.0. The standard InChI is InChI=1S/C10H17.Y/c1-5-10(4)8-6-7-9(2)3;/h5,7H,1,6,8H2,2-4H3;/q-1;/b10-5+;. The fourth-order valence-electron chi connectivity index (χ4n) is 0.691. The van der Waals surface area contributed by atoms with E-state index in [1.807, 2.05) is 6.08 Å². The van der Waals surface area contributed by atoms with Gasteiger partial charge in [-0.15, -0.1) is 6.92 Å². The van der Waals surface area contributed by atoms with Gasteiger partial charge in [0.25, 0.3) is 0 Å². The molecule has 1 radical (unpaired) electrons. The molecule has 0 rings (SSSR count). The molecule has 0 fully saturated rings. The maximum absolute atomic E-state index is 3.70. The van der Waals surface area contributed by atoms with Crippen molar-refractivity contribution in [3.63, 3.8) is 0 Å². The van der Waals surface area contributed by atoms with Crippen molar-refractivity contribution in [2.24, 2.45) is 0 Å². The Morgan fingerprint density at radius 1 is 1.27 bits per heavy atom. The second-order valence-corrected chi connectivity index (χ2v) is 2.87. The van der Waals surface area contributed by atoms with Crippen LogP contribution in [-0.2, 0) is 32.7 Å². The van der Waals surface area contributed by atoms with Gasteiger partial charge in [-0.1, -0.05) is 18.1 Å². The molecule has 0 bridgehead atoms. The largest absolute Gasteiger partial charge is 0.245 e. The van der Waals surface area contributed by atoms with Crippen LogP contribution in [0.3, 0.4) is 0 Å². The van der Waals surface area contributed by atoms with Crippen molar-refractivity contribution in [1.82, 2.24) is 0 Å². The van der Waals surface area contributed by atoms with Crippen molar-refractivity contribution < 1.29 is 32.7 Å². The molecule has 0 aromatic heterocycles. The van der Waals surface area contributed by atoms with Crippen LogP contribution < -0.4 is 0 Å². The Labute approximate surface area is 96.0 Å². The molecule has 0 heterocycles. The van der Waals surface area contributed by atoms with Crippen molar-refractivity contribution in [1.29, 1.82) is 0 Å². The monoisotopic (exact) mass is 226 g/mol. The zero-order chi connectivity index (χ0) is 7.98. The summed E-state index contributed by atoms with van der Waals surface area (Å²) in [5.41, 5.74) is 2.77. The molecule has 0 saturated heterocycles. The van der Waals surface area contributed by atoms with E-state index in [0.29, 0.717) is 0 Å². The second kappa shape index (κ2) is 8.55. The average Bonchev–Trinajstić information content (AvgIpc) is 1.87. The topological polar surface area (TPSA) is 0 Å². The zero-order valence-electron chi connectivity index (χ0n) is 7.85. The quantitative estimate of drug-likeness (QED) is 0.510. The average molecular weight is 226 g/mol. The summed E-state index contributed by atoms with van der Waals surface area (Å²) in [6, 6.07) is 0. The Bertz CT molecular complexity index is 139. The fourth-order valence-corrected chi connectivity index (χ4v) is 0.691. The van der Waals surface area contributed by atoms with Crippen LogP contribution in [0.4, 0.5) is 0 Å². The normalized spacial score (nSPS) is 10.3. The van der Waals surface area contributed by atoms with E-state index in [0.717, 1.165) is 12.8 Å². The Hall–Kier alpha value is 0.454. The van der Waals surface area contributed by atoms with E-state index >= 15 is 0 Å². The number of hydrogen-bond donors (Lipinski definition) is 0. The second-order valence-electron chi connectivity index (χ2n) is 2.87. The van der Waals surface area contributed by atoms with Gasteiger partial charge in [-0.05, 0) is 20.3 Å². The van der Waals surface area contributed by atoms with Crippen molar-refractivity contribution >= 4 is 0 Å². The molecule has 0 nitrogen and oxygen atoms in total. The molecule has 0 atom stereocenters. The minimum Gasteiger partial charge on any atom is -0.245 e. The van der Waals surface area contributed by atoms with Gasteiger partial charge in [-0.2, -0.15) is 0 Å². The van der Waals surface area contributed by atoms with Gasteiger partial charge in [0.2, 0.25) is 0 Å². The van der Waals surface area contributed by atoms with Crippen molar-refractivity contribution in [2.45, 2.75) is 33.6 Å². The van der Waals surface area contributed by atoms with Crippen LogP contribution in [0.1, 0.15) is 33.6 Å². The molecule has 0 aromatic rings. The fraction of sp³-hybridized carbons (Fsp3) is 0.500. The first-order chi connectivity index (χ1) is 4.66. The summed E-state index contributed by atoms with van der Waals surface area (Å²) in [6.07, 6.45) is 6.49. The minimum absolute atomic E-state index is 0. The van der Waals surface area contributed by atoms with Crippen molar-refractivity contribution in [3.8, 4) is 0 Å². The third-order valence-electron chi connectivity index (χ3n) is 1.44. The molecule has 0 amide bonds. The summed E-state index contributed by atoms with van der Waals surface area (Å²) >= 11 is 0. The van der Waals surface area contributed by atoms with Crippen molar-refractivity contribution in [3.05, 3.63) is 30.2 Å².